The van der Waals surface area contributed by atoms with Crippen molar-refractivity contribution in [3.8, 4) is 11.5 Å². The highest BCUT2D eigenvalue weighted by molar-refractivity contribution is 6.09. The second-order valence-electron chi connectivity index (χ2n) is 7.25. The van der Waals surface area contributed by atoms with E-state index in [0.717, 1.165) is 6.07 Å². The summed E-state index contributed by atoms with van der Waals surface area (Å²) in [6, 6.07) is 9.88. The molecule has 34 heavy (non-hydrogen) atoms. The number of anilines is 1. The molecule has 1 unspecified atom stereocenters. The number of hydrogen-bond acceptors (Lipinski definition) is 9. The summed E-state index contributed by atoms with van der Waals surface area (Å²) in [5.41, 5.74) is 3.63. The number of primary amides is 1. The summed E-state index contributed by atoms with van der Waals surface area (Å²) < 4.78 is 10.3. The predicted octanol–water partition coefficient (Wildman–Crippen LogP) is 1.44. The summed E-state index contributed by atoms with van der Waals surface area (Å²) in [6.07, 6.45) is -0.910. The predicted molar refractivity (Wildman–Crippen MR) is 117 cm³/mol. The molecule has 1 atom stereocenters. The molecule has 2 aromatic carbocycles. The fourth-order valence-corrected chi connectivity index (χ4v) is 3.21. The molecule has 0 spiro atoms. The third-order valence-corrected chi connectivity index (χ3v) is 4.84. The molecule has 0 saturated carbocycles. The molecule has 1 aliphatic rings. The van der Waals surface area contributed by atoms with Gasteiger partial charge in [0.25, 0.3) is 17.5 Å². The molecule has 0 bridgehead atoms. The first-order valence-electron chi connectivity index (χ1n) is 9.76. The number of oxime groups is 1. The van der Waals surface area contributed by atoms with Crippen molar-refractivity contribution in [3.63, 3.8) is 0 Å². The number of carbonyl (C=O) groups is 3. The average Bonchev–Trinajstić information content (AvgIpc) is 3.22. The number of nitrogens with two attached hydrogens (primary N) is 1. The molecule has 1 aliphatic heterocycles. The van der Waals surface area contributed by atoms with Gasteiger partial charge in [-0.15, -0.1) is 0 Å². The van der Waals surface area contributed by atoms with Gasteiger partial charge in [-0.05, 0) is 35.9 Å². The molecule has 1 heterocycles. The number of carboxylic acid groups (broad SMARTS) is 1. The topological polar surface area (TPSA) is 193 Å². The maximum absolute atomic E-state index is 13.1. The Morgan fingerprint density at radius 1 is 1.26 bits per heavy atom. The molecule has 0 fully saturated rings. The third kappa shape index (κ3) is 5.38. The average molecular weight is 472 g/mol. The molecular weight excluding hydrogens is 452 g/mol. The first-order valence-corrected chi connectivity index (χ1v) is 9.76. The van der Waals surface area contributed by atoms with E-state index in [4.69, 9.17) is 20.0 Å². The fraction of sp³-hybridized carbons (Fsp3) is 0.238. The largest absolute Gasteiger partial charge is 0.495 e. The summed E-state index contributed by atoms with van der Waals surface area (Å²) in [6.45, 7) is -0.299. The molecule has 4 N–H and O–H groups in total. The molecule has 3 rings (SSSR count). The Kier molecular flexibility index (Phi) is 6.95. The molecular formula is C21H20N4O9. The van der Waals surface area contributed by atoms with E-state index in [2.05, 4.69) is 10.5 Å². The molecule has 0 aromatic heterocycles. The van der Waals surface area contributed by atoms with Crippen LogP contribution in [-0.2, 0) is 19.2 Å². The van der Waals surface area contributed by atoms with Crippen molar-refractivity contribution in [3.05, 3.63) is 58.1 Å². The molecule has 13 heteroatoms. The lowest BCUT2D eigenvalue weighted by molar-refractivity contribution is -0.384. The zero-order chi connectivity index (χ0) is 24.9. The Labute approximate surface area is 192 Å². The van der Waals surface area contributed by atoms with E-state index in [-0.39, 0.29) is 30.2 Å². The number of nitro benzene ring substituents is 1. The van der Waals surface area contributed by atoms with Gasteiger partial charge in [0.05, 0.1) is 29.9 Å². The van der Waals surface area contributed by atoms with Crippen molar-refractivity contribution >= 4 is 34.9 Å². The van der Waals surface area contributed by atoms with Gasteiger partial charge in [-0.3, -0.25) is 24.5 Å². The van der Waals surface area contributed by atoms with Gasteiger partial charge >= 0.3 is 5.97 Å². The Balaban J connectivity index is 1.82. The van der Waals surface area contributed by atoms with Crippen LogP contribution in [0, 0.1) is 10.1 Å². The second-order valence-corrected chi connectivity index (χ2v) is 7.25. The molecule has 13 nitrogen and oxygen atoms in total. The van der Waals surface area contributed by atoms with Crippen molar-refractivity contribution in [1.82, 2.24) is 0 Å². The quantitative estimate of drug-likeness (QED) is 0.339. The smallest absolute Gasteiger partial charge is 0.308 e. The maximum atomic E-state index is 13.1. The van der Waals surface area contributed by atoms with Gasteiger partial charge in [0.2, 0.25) is 5.60 Å². The van der Waals surface area contributed by atoms with Crippen LogP contribution in [0.25, 0.3) is 0 Å². The van der Waals surface area contributed by atoms with Crippen LogP contribution < -0.4 is 20.5 Å². The van der Waals surface area contributed by atoms with Crippen molar-refractivity contribution in [2.24, 2.45) is 10.9 Å². The summed E-state index contributed by atoms with van der Waals surface area (Å²) >= 11 is 0. The van der Waals surface area contributed by atoms with Gasteiger partial charge in [0, 0.05) is 18.6 Å². The third-order valence-electron chi connectivity index (χ3n) is 4.84. The van der Waals surface area contributed by atoms with Gasteiger partial charge < -0.3 is 30.5 Å². The minimum atomic E-state index is -1.90. The minimum absolute atomic E-state index is 0.0283. The number of aliphatic carboxylic acids is 1. The number of rotatable bonds is 10. The number of methoxy groups -OCH3 is 1. The number of amides is 2. The molecule has 0 radical (unpaired) electrons. The van der Waals surface area contributed by atoms with Gasteiger partial charge in [0.1, 0.15) is 11.5 Å². The molecule has 178 valence electrons. The van der Waals surface area contributed by atoms with E-state index < -0.39 is 34.7 Å². The lowest BCUT2D eigenvalue weighted by Crippen LogP contribution is -2.45. The summed E-state index contributed by atoms with van der Waals surface area (Å²) in [4.78, 5) is 51.3. The van der Waals surface area contributed by atoms with E-state index >= 15 is 0 Å². The highest BCUT2D eigenvalue weighted by atomic mass is 16.7. The SMILES string of the molecule is COc1ccc([N+](=O)[O-])cc1NC(=O)C1(CC(=O)O)CC(c2ccc(OCC(N)=O)cc2)=NO1. The first-order chi connectivity index (χ1) is 16.1. The number of non-ortho nitro benzene ring substituents is 1. The van der Waals surface area contributed by atoms with E-state index in [0.29, 0.717) is 17.0 Å². The number of carbonyl (C=O) groups excluding carboxylic acids is 2. The molecule has 2 amide bonds. The van der Waals surface area contributed by atoms with Crippen LogP contribution in [0.4, 0.5) is 11.4 Å². The van der Waals surface area contributed by atoms with Crippen LogP contribution in [0.5, 0.6) is 11.5 Å². The highest BCUT2D eigenvalue weighted by Crippen LogP contribution is 2.35. The number of benzene rings is 2. The van der Waals surface area contributed by atoms with Gasteiger partial charge in [-0.2, -0.15) is 0 Å². The standard InChI is InChI=1S/C21H20N4O9/c1-32-17-7-4-13(25(30)31)8-15(17)23-20(29)21(10-19(27)28)9-16(24-34-21)12-2-5-14(6-3-12)33-11-18(22)26/h2-8H,9-11H2,1H3,(H2,22,26)(H,23,29)(H,27,28). The Morgan fingerprint density at radius 3 is 2.56 bits per heavy atom. The van der Waals surface area contributed by atoms with Crippen molar-refractivity contribution in [2.45, 2.75) is 18.4 Å². The molecule has 0 aliphatic carbocycles. The van der Waals surface area contributed by atoms with E-state index in [1.165, 1.54) is 19.2 Å². The Morgan fingerprint density at radius 2 is 1.97 bits per heavy atom. The number of ether oxygens (including phenoxy) is 2. The Bertz CT molecular complexity index is 1160. The van der Waals surface area contributed by atoms with Crippen LogP contribution in [0.1, 0.15) is 18.4 Å². The summed E-state index contributed by atoms with van der Waals surface area (Å²) in [5, 5.41) is 26.9. The minimum Gasteiger partial charge on any atom is -0.495 e. The Hall–Kier alpha value is -4.68. The zero-order valence-corrected chi connectivity index (χ0v) is 17.8. The number of nitrogens with one attached hydrogen (secondary N) is 1. The van der Waals surface area contributed by atoms with Crippen molar-refractivity contribution in [2.75, 3.05) is 19.0 Å². The van der Waals surface area contributed by atoms with Crippen LogP contribution in [0.15, 0.2) is 47.6 Å². The lowest BCUT2D eigenvalue weighted by atomic mass is 9.90. The molecule has 2 aromatic rings. The molecule has 0 saturated heterocycles. The van der Waals surface area contributed by atoms with Gasteiger partial charge in [0.15, 0.2) is 6.61 Å². The van der Waals surface area contributed by atoms with Crippen molar-refractivity contribution < 1.29 is 38.7 Å². The summed E-state index contributed by atoms with van der Waals surface area (Å²) in [7, 11) is 1.31. The number of carboxylic acids is 1. The zero-order valence-electron chi connectivity index (χ0n) is 17.8. The highest BCUT2D eigenvalue weighted by Gasteiger charge is 2.49. The van der Waals surface area contributed by atoms with Crippen LogP contribution in [0.2, 0.25) is 0 Å². The monoisotopic (exact) mass is 472 g/mol. The fourth-order valence-electron chi connectivity index (χ4n) is 3.21. The van der Waals surface area contributed by atoms with E-state index in [1.807, 2.05) is 0 Å². The lowest BCUT2D eigenvalue weighted by Gasteiger charge is -2.24. The van der Waals surface area contributed by atoms with Crippen molar-refractivity contribution in [1.29, 1.82) is 0 Å². The van der Waals surface area contributed by atoms with Gasteiger partial charge in [-0.25, -0.2) is 0 Å². The van der Waals surface area contributed by atoms with E-state index in [9.17, 15) is 29.6 Å². The number of nitrogens with zero attached hydrogens (tertiary/aromatic N) is 2. The second kappa shape index (κ2) is 9.85. The van der Waals surface area contributed by atoms with Crippen LogP contribution in [-0.4, -0.2) is 52.8 Å². The maximum Gasteiger partial charge on any atom is 0.308 e. The van der Waals surface area contributed by atoms with Gasteiger partial charge in [-0.1, -0.05) is 5.16 Å². The number of nitro groups is 1. The first kappa shape index (κ1) is 24.0. The van der Waals surface area contributed by atoms with E-state index in [1.54, 1.807) is 24.3 Å². The normalized spacial score (nSPS) is 16.7. The number of hydrogen-bond donors (Lipinski definition) is 3. The summed E-state index contributed by atoms with van der Waals surface area (Å²) in [5.74, 6) is -2.31. The van der Waals surface area contributed by atoms with Crippen LogP contribution in [0.3, 0.4) is 0 Å². The van der Waals surface area contributed by atoms with Crippen LogP contribution >= 0.6 is 0 Å².